The summed E-state index contributed by atoms with van der Waals surface area (Å²) in [5.41, 5.74) is 1.56. The second kappa shape index (κ2) is 12.3. The van der Waals surface area contributed by atoms with Gasteiger partial charge in [0.05, 0.1) is 49.1 Å². The van der Waals surface area contributed by atoms with Crippen molar-refractivity contribution in [2.24, 2.45) is 4.99 Å². The van der Waals surface area contributed by atoms with E-state index >= 15 is 0 Å². The van der Waals surface area contributed by atoms with Crippen molar-refractivity contribution in [2.75, 3.05) is 27.4 Å². The van der Waals surface area contributed by atoms with Crippen LogP contribution in [0.15, 0.2) is 80.6 Å². The summed E-state index contributed by atoms with van der Waals surface area (Å²) in [7, 11) is 2.60. The highest BCUT2D eigenvalue weighted by atomic mass is 32.1. The Bertz CT molecular complexity index is 1860. The first-order valence-electron chi connectivity index (χ1n) is 13.2. The van der Waals surface area contributed by atoms with Crippen LogP contribution in [-0.4, -0.2) is 43.9 Å². The van der Waals surface area contributed by atoms with E-state index in [0.717, 1.165) is 0 Å². The molecule has 0 unspecified atom stereocenters. The highest BCUT2D eigenvalue weighted by Gasteiger charge is 2.31. The van der Waals surface area contributed by atoms with E-state index in [1.807, 2.05) is 19.9 Å². The standard InChI is InChI=1S/C31H28N2O8S/c1-5-39-24-12-10-19(15-25(24)40-6-2)27-22(30(36)38-4)17-32-31-33(27)28(34)26(42-31)16-21-11-13-23(41-21)18-8-7-9-20(14-18)29(35)37-3/h7-17,27H,5-6H2,1-4H3/b26-16+/t27-/m1/s1. The molecule has 0 fully saturated rings. The molecule has 1 aliphatic heterocycles. The molecule has 0 aliphatic carbocycles. The van der Waals surface area contributed by atoms with Crippen molar-refractivity contribution in [1.82, 2.24) is 4.57 Å². The number of hydrogen-bond donors (Lipinski definition) is 0. The Morgan fingerprint density at radius 3 is 2.48 bits per heavy atom. The molecular formula is C31H28N2O8S. The van der Waals surface area contributed by atoms with Gasteiger partial charge in [-0.15, -0.1) is 0 Å². The van der Waals surface area contributed by atoms with Crippen LogP contribution >= 0.6 is 11.3 Å². The molecule has 2 aromatic heterocycles. The number of furan rings is 1. The molecule has 0 bridgehead atoms. The molecule has 2 aromatic carbocycles. The molecule has 0 saturated carbocycles. The lowest BCUT2D eigenvalue weighted by Crippen LogP contribution is -2.39. The topological polar surface area (TPSA) is 119 Å². The van der Waals surface area contributed by atoms with Crippen molar-refractivity contribution >= 4 is 29.4 Å². The minimum Gasteiger partial charge on any atom is -0.490 e. The summed E-state index contributed by atoms with van der Waals surface area (Å²) < 4.78 is 29.2. The maximum Gasteiger partial charge on any atom is 0.337 e. The number of carbonyl (C=O) groups is 2. The van der Waals surface area contributed by atoms with E-state index in [1.54, 1.807) is 54.6 Å². The number of aromatic nitrogens is 1. The lowest BCUT2D eigenvalue weighted by molar-refractivity contribution is -0.136. The van der Waals surface area contributed by atoms with Gasteiger partial charge in [0.2, 0.25) is 0 Å². The smallest absolute Gasteiger partial charge is 0.337 e. The zero-order valence-corrected chi connectivity index (χ0v) is 24.2. The fraction of sp³-hybridized carbons (Fsp3) is 0.226. The summed E-state index contributed by atoms with van der Waals surface area (Å²) in [5, 5.41) is 0. The van der Waals surface area contributed by atoms with Crippen molar-refractivity contribution in [3.63, 3.8) is 0 Å². The molecule has 10 nitrogen and oxygen atoms in total. The van der Waals surface area contributed by atoms with Crippen molar-refractivity contribution in [2.45, 2.75) is 19.9 Å². The third-order valence-electron chi connectivity index (χ3n) is 6.48. The number of esters is 2. The zero-order valence-electron chi connectivity index (χ0n) is 23.4. The van der Waals surface area contributed by atoms with E-state index in [1.165, 1.54) is 36.3 Å². The number of carbonyl (C=O) groups excluding carboxylic acids is 2. The van der Waals surface area contributed by atoms with E-state index in [9.17, 15) is 14.4 Å². The molecule has 11 heteroatoms. The molecule has 0 N–H and O–H groups in total. The highest BCUT2D eigenvalue weighted by molar-refractivity contribution is 7.07. The first-order chi connectivity index (χ1) is 20.4. The summed E-state index contributed by atoms with van der Waals surface area (Å²) in [6, 6.07) is 14.9. The summed E-state index contributed by atoms with van der Waals surface area (Å²) >= 11 is 1.17. The number of ether oxygens (including phenoxy) is 4. The predicted octanol–water partition coefficient (Wildman–Crippen LogP) is 3.86. The molecule has 0 spiro atoms. The monoisotopic (exact) mass is 588 g/mol. The normalized spacial score (nSPS) is 14.4. The second-order valence-electron chi connectivity index (χ2n) is 9.02. The quantitative estimate of drug-likeness (QED) is 0.271. The van der Waals surface area contributed by atoms with Gasteiger partial charge < -0.3 is 23.4 Å². The lowest BCUT2D eigenvalue weighted by Gasteiger charge is -2.23. The number of methoxy groups -OCH3 is 2. The summed E-state index contributed by atoms with van der Waals surface area (Å²) in [6.45, 7) is 4.60. The van der Waals surface area contributed by atoms with Crippen molar-refractivity contribution in [1.29, 1.82) is 0 Å². The maximum absolute atomic E-state index is 13.8. The van der Waals surface area contributed by atoms with Gasteiger partial charge in [-0.2, -0.15) is 0 Å². The summed E-state index contributed by atoms with van der Waals surface area (Å²) in [5.74, 6) is 0.955. The molecule has 0 radical (unpaired) electrons. The maximum atomic E-state index is 13.8. The summed E-state index contributed by atoms with van der Waals surface area (Å²) in [6.07, 6.45) is 3.06. The predicted molar refractivity (Wildman–Crippen MR) is 155 cm³/mol. The van der Waals surface area contributed by atoms with Gasteiger partial charge in [0, 0.05) is 17.8 Å². The Balaban J connectivity index is 1.58. The molecule has 0 saturated heterocycles. The van der Waals surface area contributed by atoms with Crippen LogP contribution in [0.4, 0.5) is 0 Å². The molecule has 1 atom stereocenters. The Hall–Kier alpha value is -4.90. The van der Waals surface area contributed by atoms with E-state index in [2.05, 4.69) is 4.99 Å². The Morgan fingerprint density at radius 1 is 0.976 bits per heavy atom. The molecular weight excluding hydrogens is 560 g/mol. The first-order valence-corrected chi connectivity index (χ1v) is 14.0. The molecule has 42 heavy (non-hydrogen) atoms. The van der Waals surface area contributed by atoms with E-state index in [0.29, 0.717) is 62.3 Å². The van der Waals surface area contributed by atoms with Crippen LogP contribution in [0.2, 0.25) is 0 Å². The first kappa shape index (κ1) is 28.6. The minimum absolute atomic E-state index is 0.203. The van der Waals surface area contributed by atoms with Gasteiger partial charge >= 0.3 is 11.9 Å². The number of fused-ring (bicyclic) bond motifs is 1. The van der Waals surface area contributed by atoms with Crippen LogP contribution < -0.4 is 24.4 Å². The van der Waals surface area contributed by atoms with Gasteiger partial charge in [0.15, 0.2) is 16.3 Å². The van der Waals surface area contributed by atoms with Crippen LogP contribution in [0.1, 0.15) is 41.6 Å². The fourth-order valence-corrected chi connectivity index (χ4v) is 5.57. The number of hydrogen-bond acceptors (Lipinski definition) is 10. The molecule has 5 rings (SSSR count). The molecule has 3 heterocycles. The van der Waals surface area contributed by atoms with Gasteiger partial charge in [-0.3, -0.25) is 9.36 Å². The number of nitrogens with zero attached hydrogens (tertiary/aromatic N) is 2. The number of benzene rings is 2. The van der Waals surface area contributed by atoms with Crippen LogP contribution in [0.3, 0.4) is 0 Å². The average Bonchev–Trinajstić information content (AvgIpc) is 3.61. The number of rotatable bonds is 9. The molecule has 4 aromatic rings. The zero-order chi connectivity index (χ0) is 29.8. The molecule has 0 amide bonds. The van der Waals surface area contributed by atoms with E-state index in [4.69, 9.17) is 23.4 Å². The average molecular weight is 589 g/mol. The van der Waals surface area contributed by atoms with Gasteiger partial charge in [-0.05, 0) is 55.8 Å². The van der Waals surface area contributed by atoms with Gasteiger partial charge in [-0.1, -0.05) is 29.5 Å². The Labute approximate surface area is 244 Å². The van der Waals surface area contributed by atoms with Crippen molar-refractivity contribution in [3.8, 4) is 22.8 Å². The largest absolute Gasteiger partial charge is 0.490 e. The SMILES string of the molecule is CCOc1ccc([C@@H]2C(C(=O)OC)=CN=c3s/c(=C/c4ccc(-c5cccc(C(=O)OC)c5)o4)c(=O)n32)cc1OCC. The van der Waals surface area contributed by atoms with Crippen LogP contribution in [0.25, 0.3) is 17.4 Å². The Morgan fingerprint density at radius 2 is 1.74 bits per heavy atom. The third-order valence-corrected chi connectivity index (χ3v) is 7.47. The molecule has 1 aliphatic rings. The van der Waals surface area contributed by atoms with Gasteiger partial charge in [-0.25, -0.2) is 14.6 Å². The summed E-state index contributed by atoms with van der Waals surface area (Å²) in [4.78, 5) is 43.4. The molecule has 216 valence electrons. The second-order valence-corrected chi connectivity index (χ2v) is 10.0. The van der Waals surface area contributed by atoms with Crippen LogP contribution in [-0.2, 0) is 14.3 Å². The third kappa shape index (κ3) is 5.51. The van der Waals surface area contributed by atoms with Crippen molar-refractivity contribution < 1.29 is 33.0 Å². The van der Waals surface area contributed by atoms with Crippen LogP contribution in [0.5, 0.6) is 11.5 Å². The number of thiazole rings is 1. The van der Waals surface area contributed by atoms with Crippen LogP contribution in [0, 0.1) is 0 Å². The van der Waals surface area contributed by atoms with E-state index in [-0.39, 0.29) is 11.1 Å². The van der Waals surface area contributed by atoms with Crippen molar-refractivity contribution in [3.05, 3.63) is 103 Å². The van der Waals surface area contributed by atoms with Gasteiger partial charge in [0.1, 0.15) is 11.5 Å². The highest BCUT2D eigenvalue weighted by Crippen LogP contribution is 2.35. The van der Waals surface area contributed by atoms with Gasteiger partial charge in [0.25, 0.3) is 5.56 Å². The fourth-order valence-electron chi connectivity index (χ4n) is 4.62. The minimum atomic E-state index is -0.807. The Kier molecular flexibility index (Phi) is 8.39. The lowest BCUT2D eigenvalue weighted by atomic mass is 9.97. The van der Waals surface area contributed by atoms with E-state index < -0.39 is 18.0 Å².